The second kappa shape index (κ2) is 4.44. The van der Waals surface area contributed by atoms with Gasteiger partial charge in [-0.1, -0.05) is 19.1 Å². The molecule has 4 nitrogen and oxygen atoms in total. The van der Waals surface area contributed by atoms with Crippen molar-refractivity contribution < 1.29 is 0 Å². The van der Waals surface area contributed by atoms with Gasteiger partial charge in [0.25, 0.3) is 0 Å². The van der Waals surface area contributed by atoms with Crippen LogP contribution in [0.3, 0.4) is 0 Å². The Morgan fingerprint density at radius 2 is 2.22 bits per heavy atom. The topological polar surface area (TPSA) is 44.3 Å². The van der Waals surface area contributed by atoms with Crippen molar-refractivity contribution in [3.63, 3.8) is 0 Å². The summed E-state index contributed by atoms with van der Waals surface area (Å²) in [5.41, 5.74) is 2.15. The third kappa shape index (κ3) is 1.98. The van der Waals surface area contributed by atoms with E-state index < -0.39 is 0 Å². The summed E-state index contributed by atoms with van der Waals surface area (Å²) < 4.78 is 0. The first kappa shape index (κ1) is 11.3. The molecule has 1 unspecified atom stereocenters. The number of aliphatic imine (C=N–C) groups is 1. The maximum absolute atomic E-state index is 4.65. The molecule has 94 valence electrons. The molecular formula is C14H18N4. The Morgan fingerprint density at radius 1 is 1.39 bits per heavy atom. The van der Waals surface area contributed by atoms with Crippen molar-refractivity contribution in [3.05, 3.63) is 30.1 Å². The number of likely N-dealkylation sites (N-methyl/N-ethyl adjacent to an activating group) is 1. The fraction of sp³-hybridized carbons (Fsp3) is 0.429. The fourth-order valence-electron chi connectivity index (χ4n) is 2.38. The number of amidine groups is 1. The van der Waals surface area contributed by atoms with Crippen molar-refractivity contribution in [1.82, 2.24) is 14.9 Å². The first-order valence-electron chi connectivity index (χ1n) is 6.43. The van der Waals surface area contributed by atoms with Gasteiger partial charge in [-0.2, -0.15) is 0 Å². The summed E-state index contributed by atoms with van der Waals surface area (Å²) in [7, 11) is 2.11. The second-order valence-electron chi connectivity index (χ2n) is 4.96. The first-order valence-corrected chi connectivity index (χ1v) is 6.43. The molecule has 0 radical (unpaired) electrons. The minimum absolute atomic E-state index is 0.372. The van der Waals surface area contributed by atoms with E-state index in [1.165, 1.54) is 5.84 Å². The van der Waals surface area contributed by atoms with Crippen LogP contribution in [-0.2, 0) is 0 Å². The van der Waals surface area contributed by atoms with Crippen molar-refractivity contribution >= 4 is 16.9 Å². The molecule has 0 spiro atoms. The molecule has 0 bridgehead atoms. The third-order valence-electron chi connectivity index (χ3n) is 3.53. The lowest BCUT2D eigenvalue weighted by atomic mass is 10.1. The van der Waals surface area contributed by atoms with Crippen molar-refractivity contribution in [2.75, 3.05) is 20.1 Å². The monoisotopic (exact) mass is 242 g/mol. The standard InChI is InChI=1S/C14H18N4/c1-10(9-13-15-7-8-18(13)2)14-16-11-5-3-4-6-12(11)17-14/h3-6,10H,7-9H2,1-2H3,(H,16,17). The van der Waals surface area contributed by atoms with E-state index >= 15 is 0 Å². The van der Waals surface area contributed by atoms with Crippen LogP contribution in [0.25, 0.3) is 11.0 Å². The average molecular weight is 242 g/mol. The van der Waals surface area contributed by atoms with Gasteiger partial charge in [0.1, 0.15) is 5.82 Å². The Balaban J connectivity index is 1.81. The number of fused-ring (bicyclic) bond motifs is 1. The SMILES string of the molecule is CC(CC1=NCCN1C)c1nc2ccccc2[nH]1. The Labute approximate surface area is 107 Å². The van der Waals surface area contributed by atoms with E-state index in [1.54, 1.807) is 0 Å². The quantitative estimate of drug-likeness (QED) is 0.898. The first-order chi connectivity index (χ1) is 8.74. The van der Waals surface area contributed by atoms with Gasteiger partial charge in [0, 0.05) is 25.9 Å². The summed E-state index contributed by atoms with van der Waals surface area (Å²) in [6.07, 6.45) is 0.955. The molecule has 1 atom stereocenters. The largest absolute Gasteiger partial charge is 0.362 e. The molecule has 2 heterocycles. The molecule has 3 rings (SSSR count). The molecule has 1 aliphatic rings. The van der Waals surface area contributed by atoms with E-state index in [-0.39, 0.29) is 0 Å². The van der Waals surface area contributed by atoms with Crippen LogP contribution in [0, 0.1) is 0 Å². The Hall–Kier alpha value is -1.84. The Bertz CT molecular complexity index is 551. The average Bonchev–Trinajstić information content (AvgIpc) is 2.96. The van der Waals surface area contributed by atoms with E-state index in [2.05, 4.69) is 39.9 Å². The summed E-state index contributed by atoms with van der Waals surface area (Å²) >= 11 is 0. The number of nitrogens with one attached hydrogen (secondary N) is 1. The van der Waals surface area contributed by atoms with Gasteiger partial charge in [0.15, 0.2) is 0 Å². The smallest absolute Gasteiger partial charge is 0.110 e. The summed E-state index contributed by atoms with van der Waals surface area (Å²) in [6.45, 7) is 4.17. The van der Waals surface area contributed by atoms with E-state index in [4.69, 9.17) is 0 Å². The van der Waals surface area contributed by atoms with Gasteiger partial charge in [-0.05, 0) is 12.1 Å². The number of imidazole rings is 1. The summed E-state index contributed by atoms with van der Waals surface area (Å²) in [5.74, 6) is 2.62. The minimum atomic E-state index is 0.372. The van der Waals surface area contributed by atoms with E-state index in [0.29, 0.717) is 5.92 Å². The fourth-order valence-corrected chi connectivity index (χ4v) is 2.38. The molecule has 0 aliphatic carbocycles. The molecule has 0 saturated carbocycles. The molecule has 0 amide bonds. The highest BCUT2D eigenvalue weighted by atomic mass is 15.2. The zero-order chi connectivity index (χ0) is 12.5. The van der Waals surface area contributed by atoms with E-state index in [0.717, 1.165) is 36.4 Å². The number of H-pyrrole nitrogens is 1. The minimum Gasteiger partial charge on any atom is -0.362 e. The van der Waals surface area contributed by atoms with Gasteiger partial charge in [-0.15, -0.1) is 0 Å². The molecule has 2 aromatic rings. The van der Waals surface area contributed by atoms with Crippen LogP contribution < -0.4 is 0 Å². The van der Waals surface area contributed by atoms with Gasteiger partial charge in [-0.25, -0.2) is 4.98 Å². The normalized spacial score (nSPS) is 17.2. The number of aromatic amines is 1. The highest BCUT2D eigenvalue weighted by Crippen LogP contribution is 2.21. The predicted molar refractivity (Wildman–Crippen MR) is 74.1 cm³/mol. The van der Waals surface area contributed by atoms with Gasteiger partial charge >= 0.3 is 0 Å². The van der Waals surface area contributed by atoms with Gasteiger partial charge in [-0.3, -0.25) is 4.99 Å². The third-order valence-corrected chi connectivity index (χ3v) is 3.53. The van der Waals surface area contributed by atoms with Crippen LogP contribution in [0.5, 0.6) is 0 Å². The lowest BCUT2D eigenvalue weighted by Crippen LogP contribution is -2.24. The molecule has 1 aromatic carbocycles. The van der Waals surface area contributed by atoms with Gasteiger partial charge < -0.3 is 9.88 Å². The molecule has 1 aromatic heterocycles. The number of benzene rings is 1. The zero-order valence-electron chi connectivity index (χ0n) is 10.8. The van der Waals surface area contributed by atoms with Crippen LogP contribution in [0.1, 0.15) is 25.1 Å². The van der Waals surface area contributed by atoms with E-state index in [9.17, 15) is 0 Å². The van der Waals surface area contributed by atoms with Crippen LogP contribution in [0.15, 0.2) is 29.3 Å². The maximum atomic E-state index is 4.65. The van der Waals surface area contributed by atoms with Crippen LogP contribution >= 0.6 is 0 Å². The maximum Gasteiger partial charge on any atom is 0.110 e. The molecule has 18 heavy (non-hydrogen) atoms. The highest BCUT2D eigenvalue weighted by molar-refractivity contribution is 5.84. The number of nitrogens with zero attached hydrogens (tertiary/aromatic N) is 3. The van der Waals surface area contributed by atoms with Crippen molar-refractivity contribution in [2.45, 2.75) is 19.3 Å². The second-order valence-corrected chi connectivity index (χ2v) is 4.96. The van der Waals surface area contributed by atoms with E-state index in [1.807, 2.05) is 18.2 Å². The number of aromatic nitrogens is 2. The van der Waals surface area contributed by atoms with Crippen LogP contribution in [0.4, 0.5) is 0 Å². The van der Waals surface area contributed by atoms with Crippen molar-refractivity contribution in [1.29, 1.82) is 0 Å². The number of hydrogen-bond donors (Lipinski definition) is 1. The Kier molecular flexibility index (Phi) is 2.78. The molecule has 0 saturated heterocycles. The summed E-state index contributed by atoms with van der Waals surface area (Å²) in [6, 6.07) is 8.16. The number of rotatable bonds is 3. The van der Waals surface area contributed by atoms with Gasteiger partial charge in [0.2, 0.25) is 0 Å². The predicted octanol–water partition coefficient (Wildman–Crippen LogP) is 2.40. The highest BCUT2D eigenvalue weighted by Gasteiger charge is 2.18. The summed E-state index contributed by atoms with van der Waals surface area (Å²) in [5, 5.41) is 0. The molecule has 0 fully saturated rings. The zero-order valence-corrected chi connectivity index (χ0v) is 10.8. The molecular weight excluding hydrogens is 224 g/mol. The van der Waals surface area contributed by atoms with Gasteiger partial charge in [0.05, 0.1) is 23.4 Å². The van der Waals surface area contributed by atoms with Crippen LogP contribution in [-0.4, -0.2) is 40.8 Å². The lowest BCUT2D eigenvalue weighted by molar-refractivity contribution is 0.535. The van der Waals surface area contributed by atoms with Crippen molar-refractivity contribution in [2.24, 2.45) is 4.99 Å². The Morgan fingerprint density at radius 3 is 2.94 bits per heavy atom. The van der Waals surface area contributed by atoms with Crippen LogP contribution in [0.2, 0.25) is 0 Å². The molecule has 1 N–H and O–H groups in total. The van der Waals surface area contributed by atoms with Crippen molar-refractivity contribution in [3.8, 4) is 0 Å². The molecule has 1 aliphatic heterocycles. The number of para-hydroxylation sites is 2. The lowest BCUT2D eigenvalue weighted by Gasteiger charge is -2.16. The molecule has 4 heteroatoms. The number of hydrogen-bond acceptors (Lipinski definition) is 3. The summed E-state index contributed by atoms with van der Waals surface area (Å²) in [4.78, 5) is 14.8.